The van der Waals surface area contributed by atoms with E-state index in [2.05, 4.69) is 52.4 Å². The van der Waals surface area contributed by atoms with E-state index in [0.717, 1.165) is 68.1 Å². The summed E-state index contributed by atoms with van der Waals surface area (Å²) in [6.45, 7) is 4.67. The van der Waals surface area contributed by atoms with Gasteiger partial charge in [-0.15, -0.1) is 0 Å². The highest BCUT2D eigenvalue weighted by atomic mass is 16.5. The fourth-order valence-corrected chi connectivity index (χ4v) is 5.49. The molecule has 1 aliphatic carbocycles. The smallest absolute Gasteiger partial charge is 0.227 e. The molecule has 3 aromatic rings. The molecule has 4 heterocycles. The van der Waals surface area contributed by atoms with Gasteiger partial charge in [-0.25, -0.2) is 4.98 Å². The molecule has 3 N–H and O–H groups in total. The van der Waals surface area contributed by atoms with Crippen LogP contribution < -0.4 is 10.6 Å². The first kappa shape index (κ1) is 18.3. The molecule has 30 heavy (non-hydrogen) atoms. The summed E-state index contributed by atoms with van der Waals surface area (Å²) in [7, 11) is 0. The highest BCUT2D eigenvalue weighted by molar-refractivity contribution is 5.80. The van der Waals surface area contributed by atoms with Gasteiger partial charge in [0.1, 0.15) is 0 Å². The Morgan fingerprint density at radius 1 is 1.13 bits per heavy atom. The van der Waals surface area contributed by atoms with Gasteiger partial charge in [-0.3, -0.25) is 5.10 Å². The van der Waals surface area contributed by atoms with Crippen LogP contribution >= 0.6 is 0 Å². The average molecular weight is 405 g/mol. The largest absolute Gasteiger partial charge is 0.376 e. The van der Waals surface area contributed by atoms with Gasteiger partial charge in [0.15, 0.2) is 5.65 Å². The number of piperidine rings is 1. The summed E-state index contributed by atoms with van der Waals surface area (Å²) in [6, 6.07) is 10.8. The number of anilines is 1. The van der Waals surface area contributed by atoms with Gasteiger partial charge in [0.2, 0.25) is 5.95 Å². The minimum atomic E-state index is 0.0111. The van der Waals surface area contributed by atoms with Crippen molar-refractivity contribution in [3.05, 3.63) is 47.8 Å². The summed E-state index contributed by atoms with van der Waals surface area (Å²) >= 11 is 0. The average Bonchev–Trinajstić information content (AvgIpc) is 3.42. The zero-order valence-corrected chi connectivity index (χ0v) is 17.3. The monoisotopic (exact) mass is 404 g/mol. The van der Waals surface area contributed by atoms with Crippen LogP contribution in [0.5, 0.6) is 0 Å². The molecule has 3 fully saturated rings. The first-order chi connectivity index (χ1) is 14.6. The van der Waals surface area contributed by atoms with E-state index in [4.69, 9.17) is 20.4 Å². The Labute approximate surface area is 176 Å². The van der Waals surface area contributed by atoms with Gasteiger partial charge >= 0.3 is 0 Å². The lowest BCUT2D eigenvalue weighted by Gasteiger charge is -2.41. The first-order valence-corrected chi connectivity index (χ1v) is 11.0. The Morgan fingerprint density at radius 3 is 2.57 bits per heavy atom. The molecule has 2 saturated heterocycles. The van der Waals surface area contributed by atoms with Crippen molar-refractivity contribution in [3.63, 3.8) is 0 Å². The molecular weight excluding hydrogens is 376 g/mol. The molecule has 0 unspecified atom stereocenters. The first-order valence-electron chi connectivity index (χ1n) is 11.0. The number of nitrogens with one attached hydrogen (secondary N) is 1. The Morgan fingerprint density at radius 2 is 1.90 bits per heavy atom. The molecule has 1 spiro atoms. The third-order valence-electron chi connectivity index (χ3n) is 7.72. The van der Waals surface area contributed by atoms with Crippen molar-refractivity contribution in [2.45, 2.75) is 50.2 Å². The number of nitrogens with zero attached hydrogens (tertiary/aromatic N) is 4. The molecule has 0 radical (unpaired) electrons. The van der Waals surface area contributed by atoms with E-state index < -0.39 is 0 Å². The lowest BCUT2D eigenvalue weighted by molar-refractivity contribution is 0.0973. The second-order valence-corrected chi connectivity index (χ2v) is 9.34. The normalized spacial score (nSPS) is 27.1. The number of hydrogen-bond acceptors (Lipinski definition) is 6. The van der Waals surface area contributed by atoms with Gasteiger partial charge in [0, 0.05) is 36.2 Å². The molecule has 0 amide bonds. The second-order valence-electron chi connectivity index (χ2n) is 9.34. The molecule has 3 aliphatic rings. The lowest BCUT2D eigenvalue weighted by Crippen LogP contribution is -2.50. The van der Waals surface area contributed by atoms with E-state index in [1.807, 2.05) is 6.20 Å². The molecule has 7 nitrogen and oxygen atoms in total. The van der Waals surface area contributed by atoms with Gasteiger partial charge in [-0.1, -0.05) is 30.3 Å². The van der Waals surface area contributed by atoms with Crippen molar-refractivity contribution >= 4 is 17.0 Å². The maximum atomic E-state index is 6.46. The quantitative estimate of drug-likeness (QED) is 0.697. The standard InChI is InChI=1S/C23H28N6O/c1-15-18(24)22(14-30-15)9-11-29(12-10-22)21-25-13-17-19(27-28-20(17)26-21)23(7-8-23)16-5-3-2-4-6-16/h2-6,13,15,18H,7-12,14,24H2,1H3,(H,25,26,27,28)/t15-,18+/m0/s1. The van der Waals surface area contributed by atoms with Gasteiger partial charge in [-0.2, -0.15) is 10.1 Å². The lowest BCUT2D eigenvalue weighted by atomic mass is 9.73. The van der Waals surface area contributed by atoms with Crippen molar-refractivity contribution in [3.8, 4) is 0 Å². The van der Waals surface area contributed by atoms with E-state index >= 15 is 0 Å². The van der Waals surface area contributed by atoms with Crippen LogP contribution in [0.15, 0.2) is 36.5 Å². The van der Waals surface area contributed by atoms with Crippen molar-refractivity contribution in [2.24, 2.45) is 11.1 Å². The van der Waals surface area contributed by atoms with Crippen LogP contribution in [0.1, 0.15) is 43.9 Å². The molecule has 7 heteroatoms. The maximum Gasteiger partial charge on any atom is 0.227 e. The molecule has 0 bridgehead atoms. The number of fused-ring (bicyclic) bond motifs is 1. The van der Waals surface area contributed by atoms with Crippen LogP contribution in [0.2, 0.25) is 0 Å². The van der Waals surface area contributed by atoms with Crippen LogP contribution in [0.3, 0.4) is 0 Å². The number of ether oxygens (including phenoxy) is 1. The predicted octanol–water partition coefficient (Wildman–Crippen LogP) is 2.77. The zero-order valence-electron chi connectivity index (χ0n) is 17.3. The van der Waals surface area contributed by atoms with E-state index in [9.17, 15) is 0 Å². The topological polar surface area (TPSA) is 93.0 Å². The summed E-state index contributed by atoms with van der Waals surface area (Å²) in [6.07, 6.45) is 6.38. The molecule has 2 aliphatic heterocycles. The van der Waals surface area contributed by atoms with Gasteiger partial charge in [0.05, 0.1) is 23.8 Å². The summed E-state index contributed by atoms with van der Waals surface area (Å²) in [5, 5.41) is 8.90. The van der Waals surface area contributed by atoms with E-state index in [1.54, 1.807) is 0 Å². The maximum absolute atomic E-state index is 6.46. The number of aromatic nitrogens is 4. The minimum absolute atomic E-state index is 0.0111. The number of benzene rings is 1. The van der Waals surface area contributed by atoms with Crippen molar-refractivity contribution in [2.75, 3.05) is 24.6 Å². The third-order valence-corrected chi connectivity index (χ3v) is 7.72. The number of rotatable bonds is 3. The minimum Gasteiger partial charge on any atom is -0.376 e. The van der Waals surface area contributed by atoms with Crippen LogP contribution in [0.25, 0.3) is 11.0 Å². The molecule has 1 saturated carbocycles. The Balaban J connectivity index is 1.25. The Kier molecular flexibility index (Phi) is 3.95. The van der Waals surface area contributed by atoms with Crippen molar-refractivity contribution in [1.82, 2.24) is 20.2 Å². The highest BCUT2D eigenvalue weighted by Crippen LogP contribution is 2.54. The molecule has 2 atom stereocenters. The van der Waals surface area contributed by atoms with Gasteiger partial charge in [0.25, 0.3) is 0 Å². The molecule has 1 aromatic carbocycles. The summed E-state index contributed by atoms with van der Waals surface area (Å²) in [5.74, 6) is 0.776. The number of H-pyrrole nitrogens is 1. The molecule has 156 valence electrons. The van der Waals surface area contributed by atoms with Gasteiger partial charge < -0.3 is 15.4 Å². The third kappa shape index (κ3) is 2.61. The van der Waals surface area contributed by atoms with Gasteiger partial charge in [-0.05, 0) is 38.2 Å². The SMILES string of the molecule is C[C@@H]1OCC2(CCN(c3ncc4c(C5(c6ccccc6)CC5)n[nH]c4n3)CC2)[C@@H]1N. The Hall–Kier alpha value is -2.51. The highest BCUT2D eigenvalue weighted by Gasteiger charge is 2.49. The fraction of sp³-hybridized carbons (Fsp3) is 0.522. The van der Waals surface area contributed by atoms with Crippen LogP contribution in [-0.2, 0) is 10.2 Å². The fourth-order valence-electron chi connectivity index (χ4n) is 5.49. The number of hydrogen-bond donors (Lipinski definition) is 2. The predicted molar refractivity (Wildman–Crippen MR) is 115 cm³/mol. The molecule has 6 rings (SSSR count). The summed E-state index contributed by atoms with van der Waals surface area (Å²) in [5.41, 5.74) is 9.81. The van der Waals surface area contributed by atoms with Crippen LogP contribution in [0, 0.1) is 5.41 Å². The van der Waals surface area contributed by atoms with Crippen LogP contribution in [0.4, 0.5) is 5.95 Å². The van der Waals surface area contributed by atoms with Crippen LogP contribution in [-0.4, -0.2) is 52.0 Å². The van der Waals surface area contributed by atoms with Crippen molar-refractivity contribution < 1.29 is 4.74 Å². The molecular formula is C23H28N6O. The van der Waals surface area contributed by atoms with Crippen molar-refractivity contribution in [1.29, 1.82) is 0 Å². The Bertz CT molecular complexity index is 1070. The molecule has 2 aromatic heterocycles. The number of nitrogens with two attached hydrogens (primary N) is 1. The zero-order chi connectivity index (χ0) is 20.3. The number of aromatic amines is 1. The van der Waals surface area contributed by atoms with E-state index in [1.165, 1.54) is 5.56 Å². The van der Waals surface area contributed by atoms with E-state index in [0.29, 0.717) is 0 Å². The second kappa shape index (κ2) is 6.49. The summed E-state index contributed by atoms with van der Waals surface area (Å²) in [4.78, 5) is 11.8. The summed E-state index contributed by atoms with van der Waals surface area (Å²) < 4.78 is 5.85. The van der Waals surface area contributed by atoms with E-state index in [-0.39, 0.29) is 23.0 Å².